The summed E-state index contributed by atoms with van der Waals surface area (Å²) in [4.78, 5) is 41.3. The van der Waals surface area contributed by atoms with Crippen molar-refractivity contribution in [2.75, 3.05) is 11.5 Å². The summed E-state index contributed by atoms with van der Waals surface area (Å²) in [5.74, 6) is -3.83. The highest BCUT2D eigenvalue weighted by atomic mass is 19.1. The molecule has 0 spiro atoms. The second kappa shape index (κ2) is 11.4. The number of ether oxygens (including phenoxy) is 2. The van der Waals surface area contributed by atoms with Crippen molar-refractivity contribution in [3.63, 3.8) is 0 Å². The van der Waals surface area contributed by atoms with Crippen molar-refractivity contribution in [1.29, 1.82) is 0 Å². The molecule has 3 aromatic rings. The van der Waals surface area contributed by atoms with E-state index in [0.717, 1.165) is 18.2 Å². The van der Waals surface area contributed by atoms with E-state index in [1.807, 2.05) is 0 Å². The van der Waals surface area contributed by atoms with Gasteiger partial charge in [-0.1, -0.05) is 13.0 Å². The molecule has 13 heteroatoms. The number of aromatic nitrogens is 1. The number of nitrogens with zero attached hydrogens (tertiary/aromatic N) is 2. The first-order valence-corrected chi connectivity index (χ1v) is 11.7. The monoisotopic (exact) mass is 543 g/mol. The van der Waals surface area contributed by atoms with Gasteiger partial charge in [0.1, 0.15) is 48.2 Å². The molecule has 0 bridgehead atoms. The van der Waals surface area contributed by atoms with Crippen LogP contribution in [0.5, 0.6) is 0 Å². The number of urea groups is 1. The molecule has 4 rings (SSSR count). The molecule has 1 aromatic heterocycles. The Balaban J connectivity index is 1.63. The summed E-state index contributed by atoms with van der Waals surface area (Å²) in [5.41, 5.74) is 11.3. The van der Waals surface area contributed by atoms with Crippen molar-refractivity contribution in [1.82, 2.24) is 10.3 Å². The Morgan fingerprint density at radius 3 is 2.41 bits per heavy atom. The van der Waals surface area contributed by atoms with Gasteiger partial charge >= 0.3 is 18.1 Å². The van der Waals surface area contributed by atoms with Crippen molar-refractivity contribution in [3.05, 3.63) is 77.6 Å². The molecule has 1 fully saturated rings. The van der Waals surface area contributed by atoms with Gasteiger partial charge in [0, 0.05) is 17.0 Å². The topological polar surface area (TPSA) is 150 Å². The Morgan fingerprint density at radius 1 is 1.10 bits per heavy atom. The maximum atomic E-state index is 14.5. The van der Waals surface area contributed by atoms with Gasteiger partial charge in [-0.3, -0.25) is 4.79 Å². The molecule has 1 aliphatic rings. The minimum absolute atomic E-state index is 0.0740. The maximum absolute atomic E-state index is 14.5. The number of alkyl carbamates (subject to hydrolysis) is 1. The number of primary amides is 1. The Hall–Kier alpha value is -4.65. The first kappa shape index (κ1) is 27.4. The molecule has 2 aromatic carbocycles. The minimum Gasteiger partial charge on any atom is -0.462 e. The number of amides is 3. The summed E-state index contributed by atoms with van der Waals surface area (Å²) in [6.07, 6.45) is -0.835. The van der Waals surface area contributed by atoms with Crippen molar-refractivity contribution in [2.45, 2.75) is 25.6 Å². The summed E-state index contributed by atoms with van der Waals surface area (Å²) in [7, 11) is 0. The second-order valence-electron chi connectivity index (χ2n) is 8.77. The lowest BCUT2D eigenvalue weighted by atomic mass is 9.92. The van der Waals surface area contributed by atoms with E-state index in [1.165, 1.54) is 36.4 Å². The smallest absolute Gasteiger partial charge is 0.407 e. The average Bonchev–Trinajstić information content (AvgIpc) is 2.90. The molecule has 1 saturated heterocycles. The number of rotatable bonds is 6. The number of carbonyl (C=O) groups is 3. The van der Waals surface area contributed by atoms with E-state index >= 15 is 0 Å². The van der Waals surface area contributed by atoms with Gasteiger partial charge in [-0.2, -0.15) is 0 Å². The highest BCUT2D eigenvalue weighted by Gasteiger charge is 2.36. The van der Waals surface area contributed by atoms with Crippen LogP contribution in [-0.4, -0.2) is 41.8 Å². The molecule has 1 aliphatic heterocycles. The number of cyclic esters (lactones) is 1. The highest BCUT2D eigenvalue weighted by molar-refractivity contribution is 5.98. The van der Waals surface area contributed by atoms with Crippen molar-refractivity contribution in [3.8, 4) is 11.3 Å². The fourth-order valence-corrected chi connectivity index (χ4v) is 4.01. The summed E-state index contributed by atoms with van der Waals surface area (Å²) in [5, 5.41) is 2.59. The first-order chi connectivity index (χ1) is 18.6. The number of carbonyl (C=O) groups excluding carboxylic acids is 3. The molecule has 0 saturated carbocycles. The van der Waals surface area contributed by atoms with Crippen LogP contribution in [0.2, 0.25) is 0 Å². The van der Waals surface area contributed by atoms with Gasteiger partial charge < -0.3 is 26.3 Å². The summed E-state index contributed by atoms with van der Waals surface area (Å²) >= 11 is 0. The van der Waals surface area contributed by atoms with E-state index in [-0.39, 0.29) is 24.7 Å². The summed E-state index contributed by atoms with van der Waals surface area (Å²) < 4.78 is 52.9. The van der Waals surface area contributed by atoms with Crippen LogP contribution in [0.25, 0.3) is 11.3 Å². The third kappa shape index (κ3) is 5.93. The van der Waals surface area contributed by atoms with Crippen molar-refractivity contribution >= 4 is 29.6 Å². The van der Waals surface area contributed by atoms with Crippen LogP contribution >= 0.6 is 0 Å². The van der Waals surface area contributed by atoms with E-state index in [9.17, 15) is 27.6 Å². The zero-order valence-electron chi connectivity index (χ0n) is 20.6. The normalized spacial score (nSPS) is 18.7. The zero-order valence-corrected chi connectivity index (χ0v) is 20.6. The number of hydrogen-bond acceptors (Lipinski definition) is 7. The third-order valence-corrected chi connectivity index (χ3v) is 6.23. The number of esters is 1. The standard InChI is InChI=1S/C26H24F3N5O5/c1-13-19(12-38-24(35)21(13)30)32-26(37)39-11-15-7-10-20(33-22(15)14-5-8-16(27)9-6-14)34(25(31)36)23-17(28)3-2-4-18(23)29/h2-10,13,19,21H,11-12,30H2,1H3,(H2,31,36)(H,32,37)/t13?,19?,21-/m0/s1. The minimum atomic E-state index is -1.21. The lowest BCUT2D eigenvalue weighted by Gasteiger charge is -2.32. The molecule has 2 heterocycles. The molecular weight excluding hydrogens is 519 g/mol. The molecule has 10 nitrogen and oxygen atoms in total. The second-order valence-corrected chi connectivity index (χ2v) is 8.77. The predicted molar refractivity (Wildman–Crippen MR) is 133 cm³/mol. The molecule has 39 heavy (non-hydrogen) atoms. The van der Waals surface area contributed by atoms with E-state index in [0.29, 0.717) is 16.0 Å². The Bertz CT molecular complexity index is 1380. The molecule has 204 valence electrons. The van der Waals surface area contributed by atoms with Crippen molar-refractivity contribution in [2.24, 2.45) is 17.4 Å². The van der Waals surface area contributed by atoms with Gasteiger partial charge in [0.05, 0.1) is 11.7 Å². The summed E-state index contributed by atoms with van der Waals surface area (Å²) in [6.45, 7) is 1.28. The van der Waals surface area contributed by atoms with Gasteiger partial charge in [-0.05, 0) is 48.5 Å². The number of nitrogens with one attached hydrogen (secondary N) is 1. The lowest BCUT2D eigenvalue weighted by Crippen LogP contribution is -2.56. The van der Waals surface area contributed by atoms with E-state index in [1.54, 1.807) is 6.92 Å². The molecule has 3 amide bonds. The van der Waals surface area contributed by atoms with Gasteiger partial charge in [0.15, 0.2) is 0 Å². The van der Waals surface area contributed by atoms with Crippen LogP contribution in [0, 0.1) is 23.4 Å². The SMILES string of the molecule is CC1C(NC(=O)OCc2ccc(N(C(N)=O)c3c(F)cccc3F)nc2-c2ccc(F)cc2)COC(=O)[C@H]1N. The average molecular weight is 544 g/mol. The molecule has 0 aliphatic carbocycles. The number of nitrogens with two attached hydrogens (primary N) is 2. The molecular formula is C26H24F3N5O5. The van der Waals surface area contributed by atoms with E-state index in [4.69, 9.17) is 20.9 Å². The molecule has 3 atom stereocenters. The van der Waals surface area contributed by atoms with Gasteiger partial charge in [0.25, 0.3) is 0 Å². The van der Waals surface area contributed by atoms with Crippen LogP contribution in [0.3, 0.4) is 0 Å². The Labute approximate surface area is 220 Å². The summed E-state index contributed by atoms with van der Waals surface area (Å²) in [6, 6.07) is 8.14. The molecule has 0 radical (unpaired) electrons. The van der Waals surface area contributed by atoms with Crippen LogP contribution in [0.1, 0.15) is 12.5 Å². The number of benzene rings is 2. The number of hydrogen-bond donors (Lipinski definition) is 3. The van der Waals surface area contributed by atoms with Crippen LogP contribution < -0.4 is 21.7 Å². The third-order valence-electron chi connectivity index (χ3n) is 6.23. The fourth-order valence-electron chi connectivity index (χ4n) is 4.01. The molecule has 2 unspecified atom stereocenters. The highest BCUT2D eigenvalue weighted by Crippen LogP contribution is 2.32. The number of halogens is 3. The first-order valence-electron chi connectivity index (χ1n) is 11.7. The zero-order chi connectivity index (χ0) is 28.3. The Kier molecular flexibility index (Phi) is 8.00. The van der Waals surface area contributed by atoms with E-state index in [2.05, 4.69) is 10.3 Å². The number of anilines is 2. The maximum Gasteiger partial charge on any atom is 0.407 e. The number of para-hydroxylation sites is 1. The van der Waals surface area contributed by atoms with Crippen LogP contribution in [0.4, 0.5) is 34.3 Å². The van der Waals surface area contributed by atoms with Gasteiger partial charge in [-0.25, -0.2) is 32.6 Å². The van der Waals surface area contributed by atoms with Gasteiger partial charge in [0.2, 0.25) is 0 Å². The fraction of sp³-hybridized carbons (Fsp3) is 0.231. The quantitative estimate of drug-likeness (QED) is 0.403. The predicted octanol–water partition coefficient (Wildman–Crippen LogP) is 3.50. The van der Waals surface area contributed by atoms with Crippen LogP contribution in [0.15, 0.2) is 54.6 Å². The van der Waals surface area contributed by atoms with Crippen LogP contribution in [-0.2, 0) is 20.9 Å². The molecule has 5 N–H and O–H groups in total. The van der Waals surface area contributed by atoms with Crippen molar-refractivity contribution < 1.29 is 37.0 Å². The Morgan fingerprint density at radius 2 is 1.77 bits per heavy atom. The largest absolute Gasteiger partial charge is 0.462 e. The van der Waals surface area contributed by atoms with E-state index < -0.39 is 59.2 Å². The lowest BCUT2D eigenvalue weighted by molar-refractivity contribution is -0.152. The van der Waals surface area contributed by atoms with Gasteiger partial charge in [-0.15, -0.1) is 0 Å². The number of pyridine rings is 1.